The van der Waals surface area contributed by atoms with Gasteiger partial charge in [-0.3, -0.25) is 4.79 Å². The highest BCUT2D eigenvalue weighted by Crippen LogP contribution is 2.29. The van der Waals surface area contributed by atoms with E-state index in [1.54, 1.807) is 12.4 Å². The third kappa shape index (κ3) is 4.44. The van der Waals surface area contributed by atoms with E-state index in [1.165, 1.54) is 0 Å². The molecule has 0 aromatic carbocycles. The number of aromatic amines is 1. The molecule has 3 heterocycles. The molecule has 25 heavy (non-hydrogen) atoms. The number of aromatic nitrogens is 4. The van der Waals surface area contributed by atoms with Crippen molar-refractivity contribution in [2.45, 2.75) is 52.9 Å². The van der Waals surface area contributed by atoms with Crippen molar-refractivity contribution in [3.8, 4) is 11.5 Å². The van der Waals surface area contributed by atoms with Crippen LogP contribution in [0.25, 0.3) is 11.5 Å². The lowest BCUT2D eigenvalue weighted by Gasteiger charge is -2.34. The molecule has 1 saturated heterocycles. The van der Waals surface area contributed by atoms with Crippen LogP contribution in [0.1, 0.15) is 57.5 Å². The number of rotatable bonds is 3. The van der Waals surface area contributed by atoms with E-state index >= 15 is 0 Å². The van der Waals surface area contributed by atoms with E-state index in [1.807, 2.05) is 17.9 Å². The predicted molar refractivity (Wildman–Crippen MR) is 97.0 cm³/mol. The molecule has 1 atom stereocenters. The Morgan fingerprint density at radius 2 is 2.16 bits per heavy atom. The van der Waals surface area contributed by atoms with Crippen LogP contribution in [0, 0.1) is 12.3 Å². The summed E-state index contributed by atoms with van der Waals surface area (Å²) in [6.45, 7) is 9.81. The Hall–Kier alpha value is -2.24. The van der Waals surface area contributed by atoms with Crippen LogP contribution in [0.4, 0.5) is 0 Å². The zero-order chi connectivity index (χ0) is 18.0. The molecule has 2 aromatic rings. The van der Waals surface area contributed by atoms with Crippen molar-refractivity contribution in [2.24, 2.45) is 5.41 Å². The van der Waals surface area contributed by atoms with Gasteiger partial charge in [-0.05, 0) is 31.2 Å². The lowest BCUT2D eigenvalue weighted by atomic mass is 9.89. The number of carbonyl (C=O) groups is 1. The van der Waals surface area contributed by atoms with E-state index in [2.05, 4.69) is 40.7 Å². The maximum absolute atomic E-state index is 12.6. The first-order chi connectivity index (χ1) is 11.8. The van der Waals surface area contributed by atoms with Crippen LogP contribution in [-0.2, 0) is 4.79 Å². The Labute approximate surface area is 149 Å². The lowest BCUT2D eigenvalue weighted by molar-refractivity contribution is -0.134. The number of nitrogens with one attached hydrogen (secondary N) is 1. The Morgan fingerprint density at radius 1 is 1.36 bits per heavy atom. The number of imidazole rings is 1. The second-order valence-electron chi connectivity index (χ2n) is 8.08. The minimum absolute atomic E-state index is 0.0159. The number of nitrogens with zero attached hydrogens (tertiary/aromatic N) is 4. The average molecular weight is 341 g/mol. The summed E-state index contributed by atoms with van der Waals surface area (Å²) in [5.41, 5.74) is 1.83. The summed E-state index contributed by atoms with van der Waals surface area (Å²) in [5.74, 6) is 1.99. The van der Waals surface area contributed by atoms with Gasteiger partial charge in [-0.1, -0.05) is 20.8 Å². The minimum Gasteiger partial charge on any atom is -0.343 e. The molecule has 0 radical (unpaired) electrons. The zero-order valence-corrected chi connectivity index (χ0v) is 15.5. The largest absolute Gasteiger partial charge is 0.343 e. The second kappa shape index (κ2) is 6.94. The number of hydrogen-bond acceptors (Lipinski definition) is 4. The highest BCUT2D eigenvalue weighted by Gasteiger charge is 2.28. The molecule has 6 heteroatoms. The molecule has 1 amide bonds. The van der Waals surface area contributed by atoms with Crippen molar-refractivity contribution >= 4 is 5.91 Å². The number of amides is 1. The summed E-state index contributed by atoms with van der Waals surface area (Å²) in [4.78, 5) is 31.1. The Kier molecular flexibility index (Phi) is 4.88. The summed E-state index contributed by atoms with van der Waals surface area (Å²) >= 11 is 0. The molecular formula is C19H27N5O. The topological polar surface area (TPSA) is 74.8 Å². The average Bonchev–Trinajstić information content (AvgIpc) is 3.07. The molecule has 1 fully saturated rings. The van der Waals surface area contributed by atoms with Gasteiger partial charge in [0.25, 0.3) is 0 Å². The van der Waals surface area contributed by atoms with Gasteiger partial charge in [0.15, 0.2) is 5.82 Å². The van der Waals surface area contributed by atoms with Crippen molar-refractivity contribution in [1.29, 1.82) is 0 Å². The molecule has 1 aliphatic rings. The van der Waals surface area contributed by atoms with Gasteiger partial charge in [-0.15, -0.1) is 0 Å². The summed E-state index contributed by atoms with van der Waals surface area (Å²) in [5, 5.41) is 0. The van der Waals surface area contributed by atoms with Gasteiger partial charge >= 0.3 is 0 Å². The molecule has 0 unspecified atom stereocenters. The molecule has 134 valence electrons. The fourth-order valence-electron chi connectivity index (χ4n) is 3.34. The summed E-state index contributed by atoms with van der Waals surface area (Å²) in [6.07, 6.45) is 6.16. The maximum atomic E-state index is 12.6. The van der Waals surface area contributed by atoms with Crippen molar-refractivity contribution in [2.75, 3.05) is 13.1 Å². The first-order valence-electron chi connectivity index (χ1n) is 8.95. The molecule has 0 saturated carbocycles. The monoisotopic (exact) mass is 341 g/mol. The quantitative estimate of drug-likeness (QED) is 0.929. The van der Waals surface area contributed by atoms with Crippen LogP contribution in [0.15, 0.2) is 18.5 Å². The van der Waals surface area contributed by atoms with E-state index < -0.39 is 0 Å². The first kappa shape index (κ1) is 17.6. The van der Waals surface area contributed by atoms with Gasteiger partial charge in [0.05, 0.1) is 0 Å². The van der Waals surface area contributed by atoms with E-state index in [0.717, 1.165) is 49.0 Å². The van der Waals surface area contributed by atoms with Gasteiger partial charge in [0, 0.05) is 43.5 Å². The number of piperidine rings is 1. The van der Waals surface area contributed by atoms with Gasteiger partial charge in [-0.2, -0.15) is 0 Å². The third-order valence-electron chi connectivity index (χ3n) is 4.47. The zero-order valence-electron chi connectivity index (χ0n) is 15.5. The number of carbonyl (C=O) groups excluding carboxylic acids is 1. The highest BCUT2D eigenvalue weighted by atomic mass is 16.2. The van der Waals surface area contributed by atoms with Crippen LogP contribution < -0.4 is 0 Å². The Morgan fingerprint density at radius 3 is 2.84 bits per heavy atom. The molecule has 1 aliphatic heterocycles. The summed E-state index contributed by atoms with van der Waals surface area (Å²) in [7, 11) is 0. The number of hydrogen-bond donors (Lipinski definition) is 1. The van der Waals surface area contributed by atoms with Crippen LogP contribution in [0.2, 0.25) is 0 Å². The molecule has 2 aromatic heterocycles. The fraction of sp³-hybridized carbons (Fsp3) is 0.579. The second-order valence-corrected chi connectivity index (χ2v) is 8.08. The van der Waals surface area contributed by atoms with E-state index in [9.17, 15) is 4.79 Å². The molecule has 0 spiro atoms. The number of H-pyrrole nitrogens is 1. The van der Waals surface area contributed by atoms with Crippen LogP contribution >= 0.6 is 0 Å². The van der Waals surface area contributed by atoms with Crippen molar-refractivity contribution in [3.63, 3.8) is 0 Å². The lowest BCUT2D eigenvalue weighted by Crippen LogP contribution is -2.40. The van der Waals surface area contributed by atoms with Crippen LogP contribution in [-0.4, -0.2) is 43.8 Å². The van der Waals surface area contributed by atoms with Crippen LogP contribution in [0.3, 0.4) is 0 Å². The minimum atomic E-state index is 0.0159. The van der Waals surface area contributed by atoms with Crippen molar-refractivity contribution < 1.29 is 4.79 Å². The van der Waals surface area contributed by atoms with Gasteiger partial charge < -0.3 is 9.88 Å². The maximum Gasteiger partial charge on any atom is 0.223 e. The van der Waals surface area contributed by atoms with E-state index in [-0.39, 0.29) is 17.2 Å². The van der Waals surface area contributed by atoms with Gasteiger partial charge in [0.2, 0.25) is 5.91 Å². The van der Waals surface area contributed by atoms with Gasteiger partial charge in [0.1, 0.15) is 11.5 Å². The van der Waals surface area contributed by atoms with Crippen LogP contribution in [0.5, 0.6) is 0 Å². The normalized spacial score (nSPS) is 18.4. The van der Waals surface area contributed by atoms with E-state index in [4.69, 9.17) is 0 Å². The highest BCUT2D eigenvalue weighted by molar-refractivity contribution is 5.77. The molecule has 1 N–H and O–H groups in total. The predicted octanol–water partition coefficient (Wildman–Crippen LogP) is 3.32. The van der Waals surface area contributed by atoms with Crippen molar-refractivity contribution in [3.05, 3.63) is 30.0 Å². The molecule has 0 bridgehead atoms. The molecule has 0 aliphatic carbocycles. The molecular weight excluding hydrogens is 314 g/mol. The summed E-state index contributed by atoms with van der Waals surface area (Å²) < 4.78 is 0. The fourth-order valence-corrected chi connectivity index (χ4v) is 3.34. The Balaban J connectivity index is 1.78. The van der Waals surface area contributed by atoms with Crippen molar-refractivity contribution in [1.82, 2.24) is 24.8 Å². The number of likely N-dealkylation sites (tertiary alicyclic amines) is 1. The number of aryl methyl sites for hydroxylation is 1. The Bertz CT molecular complexity index is 733. The SMILES string of the molecule is Cc1nc(-c2ncc[nH]2)cc([C@@H]2CCCN(C(=O)CC(C)(C)C)C2)n1. The summed E-state index contributed by atoms with van der Waals surface area (Å²) in [6, 6.07) is 2.01. The third-order valence-corrected chi connectivity index (χ3v) is 4.47. The smallest absolute Gasteiger partial charge is 0.223 e. The van der Waals surface area contributed by atoms with Gasteiger partial charge in [-0.25, -0.2) is 15.0 Å². The molecule has 6 nitrogen and oxygen atoms in total. The molecule has 3 rings (SSSR count). The van der Waals surface area contributed by atoms with E-state index in [0.29, 0.717) is 6.42 Å². The first-order valence-corrected chi connectivity index (χ1v) is 8.95. The standard InChI is InChI=1S/C19H27N5O/c1-13-22-15(10-16(23-13)18-20-7-8-21-18)14-6-5-9-24(12-14)17(25)11-19(2,3)4/h7-8,10,14H,5-6,9,11-12H2,1-4H3,(H,20,21)/t14-/m1/s1.